The monoisotopic (exact) mass is 283 g/mol. The molecule has 3 N–H and O–H groups in total. The number of benzene rings is 1. The molecule has 0 spiro atoms. The van der Waals surface area contributed by atoms with Crippen LogP contribution in [-0.2, 0) is 6.42 Å². The standard InChI is InChI=1S/C13H12ClF2N3/c14-10-5-8(1-2-11(10)15)6-13(19-17)9-3-4-18-7-12(9)16/h1-5,7,13,19H,6,17H2. The van der Waals surface area contributed by atoms with Crippen molar-refractivity contribution in [3.8, 4) is 0 Å². The minimum Gasteiger partial charge on any atom is -0.271 e. The van der Waals surface area contributed by atoms with Crippen molar-refractivity contribution in [1.29, 1.82) is 0 Å². The van der Waals surface area contributed by atoms with Gasteiger partial charge in [0.25, 0.3) is 0 Å². The predicted molar refractivity (Wildman–Crippen MR) is 69.4 cm³/mol. The van der Waals surface area contributed by atoms with Crippen LogP contribution in [0.2, 0.25) is 5.02 Å². The summed E-state index contributed by atoms with van der Waals surface area (Å²) >= 11 is 5.71. The minimum atomic E-state index is -0.488. The summed E-state index contributed by atoms with van der Waals surface area (Å²) in [7, 11) is 0. The molecule has 1 aromatic heterocycles. The number of rotatable bonds is 4. The van der Waals surface area contributed by atoms with Gasteiger partial charge in [-0.15, -0.1) is 0 Å². The van der Waals surface area contributed by atoms with Gasteiger partial charge >= 0.3 is 0 Å². The van der Waals surface area contributed by atoms with Crippen molar-refractivity contribution >= 4 is 11.6 Å². The normalized spacial score (nSPS) is 12.4. The molecule has 0 fully saturated rings. The van der Waals surface area contributed by atoms with E-state index in [2.05, 4.69) is 10.4 Å². The van der Waals surface area contributed by atoms with Crippen LogP contribution in [0.5, 0.6) is 0 Å². The molecule has 100 valence electrons. The van der Waals surface area contributed by atoms with Crippen molar-refractivity contribution < 1.29 is 8.78 Å². The Labute approximate surface area is 114 Å². The summed E-state index contributed by atoms with van der Waals surface area (Å²) in [5.41, 5.74) is 3.69. The highest BCUT2D eigenvalue weighted by molar-refractivity contribution is 6.30. The average Bonchev–Trinajstić information content (AvgIpc) is 2.41. The predicted octanol–water partition coefficient (Wildman–Crippen LogP) is 2.76. The van der Waals surface area contributed by atoms with Crippen LogP contribution in [0, 0.1) is 11.6 Å². The average molecular weight is 284 g/mol. The van der Waals surface area contributed by atoms with Crippen molar-refractivity contribution in [1.82, 2.24) is 10.4 Å². The lowest BCUT2D eigenvalue weighted by molar-refractivity contribution is 0.507. The van der Waals surface area contributed by atoms with Gasteiger partial charge in [0.05, 0.1) is 17.3 Å². The van der Waals surface area contributed by atoms with Crippen LogP contribution in [-0.4, -0.2) is 4.98 Å². The number of nitrogens with one attached hydrogen (secondary N) is 1. The first-order valence-electron chi connectivity index (χ1n) is 5.61. The van der Waals surface area contributed by atoms with Gasteiger partial charge in [-0.3, -0.25) is 16.3 Å². The van der Waals surface area contributed by atoms with Gasteiger partial charge in [0.1, 0.15) is 11.6 Å². The SMILES string of the molecule is NNC(Cc1ccc(F)c(Cl)c1)c1ccncc1F. The third-order valence-electron chi connectivity index (χ3n) is 2.80. The van der Waals surface area contributed by atoms with Gasteiger partial charge in [-0.2, -0.15) is 0 Å². The molecule has 19 heavy (non-hydrogen) atoms. The Morgan fingerprint density at radius 1 is 1.26 bits per heavy atom. The lowest BCUT2D eigenvalue weighted by Crippen LogP contribution is -2.30. The van der Waals surface area contributed by atoms with E-state index in [9.17, 15) is 8.78 Å². The van der Waals surface area contributed by atoms with Crippen LogP contribution in [0.4, 0.5) is 8.78 Å². The van der Waals surface area contributed by atoms with Gasteiger partial charge in [-0.25, -0.2) is 8.78 Å². The lowest BCUT2D eigenvalue weighted by atomic mass is 10.00. The second-order valence-electron chi connectivity index (χ2n) is 4.07. The number of nitrogens with zero attached hydrogens (tertiary/aromatic N) is 1. The summed E-state index contributed by atoms with van der Waals surface area (Å²) < 4.78 is 26.7. The zero-order valence-corrected chi connectivity index (χ0v) is 10.7. The molecule has 6 heteroatoms. The van der Waals surface area contributed by atoms with Crippen LogP contribution in [0.25, 0.3) is 0 Å². The zero-order chi connectivity index (χ0) is 13.8. The fraction of sp³-hybridized carbons (Fsp3) is 0.154. The van der Waals surface area contributed by atoms with E-state index < -0.39 is 17.7 Å². The molecule has 3 nitrogen and oxygen atoms in total. The topological polar surface area (TPSA) is 50.9 Å². The minimum absolute atomic E-state index is 0.0310. The maximum absolute atomic E-state index is 13.6. The first-order chi connectivity index (χ1) is 9.11. The van der Waals surface area contributed by atoms with Gasteiger partial charge in [0, 0.05) is 11.8 Å². The fourth-order valence-electron chi connectivity index (χ4n) is 1.83. The fourth-order valence-corrected chi connectivity index (χ4v) is 2.03. The molecule has 0 amide bonds. The molecule has 0 saturated carbocycles. The van der Waals surface area contributed by atoms with Crippen LogP contribution in [0.1, 0.15) is 17.2 Å². The summed E-state index contributed by atoms with van der Waals surface area (Å²) in [5, 5.41) is 0.0310. The molecule has 1 aromatic carbocycles. The summed E-state index contributed by atoms with van der Waals surface area (Å²) in [6.45, 7) is 0. The molecule has 0 radical (unpaired) electrons. The van der Waals surface area contributed by atoms with E-state index in [1.165, 1.54) is 18.3 Å². The molecular weight excluding hydrogens is 272 g/mol. The Bertz CT molecular complexity index is 578. The van der Waals surface area contributed by atoms with Gasteiger partial charge in [0.15, 0.2) is 0 Å². The Kier molecular flexibility index (Phi) is 4.42. The molecule has 1 atom stereocenters. The smallest absolute Gasteiger partial charge is 0.146 e. The number of hydrogen-bond acceptors (Lipinski definition) is 3. The highest BCUT2D eigenvalue weighted by Crippen LogP contribution is 2.23. The second-order valence-corrected chi connectivity index (χ2v) is 4.48. The van der Waals surface area contributed by atoms with Crippen LogP contribution >= 0.6 is 11.6 Å². The molecule has 0 saturated heterocycles. The molecule has 2 rings (SSSR count). The van der Waals surface area contributed by atoms with Crippen LogP contribution in [0.15, 0.2) is 36.7 Å². The molecule has 0 aliphatic carbocycles. The van der Waals surface area contributed by atoms with Gasteiger partial charge < -0.3 is 0 Å². The number of aromatic nitrogens is 1. The summed E-state index contributed by atoms with van der Waals surface area (Å²) in [6, 6.07) is 5.47. The largest absolute Gasteiger partial charge is 0.271 e. The summed E-state index contributed by atoms with van der Waals surface area (Å²) in [5.74, 6) is 4.51. The second kappa shape index (κ2) is 6.06. The van der Waals surface area contributed by atoms with Crippen molar-refractivity contribution in [3.05, 3.63) is 64.4 Å². The summed E-state index contributed by atoms with van der Waals surface area (Å²) in [4.78, 5) is 3.68. The van der Waals surface area contributed by atoms with Crippen LogP contribution in [0.3, 0.4) is 0 Å². The van der Waals surface area contributed by atoms with Gasteiger partial charge in [-0.05, 0) is 30.2 Å². The van der Waals surface area contributed by atoms with E-state index in [-0.39, 0.29) is 5.02 Å². The quantitative estimate of drug-likeness (QED) is 0.670. The number of nitrogens with two attached hydrogens (primary N) is 1. The van der Waals surface area contributed by atoms with Crippen LogP contribution < -0.4 is 11.3 Å². The molecule has 1 heterocycles. The third-order valence-corrected chi connectivity index (χ3v) is 3.09. The molecule has 0 aliphatic rings. The Balaban J connectivity index is 2.24. The number of hydrogen-bond donors (Lipinski definition) is 2. The first kappa shape index (κ1) is 13.9. The van der Waals surface area contributed by atoms with Gasteiger partial charge in [0.2, 0.25) is 0 Å². The van der Waals surface area contributed by atoms with Crippen molar-refractivity contribution in [2.24, 2.45) is 5.84 Å². The Morgan fingerprint density at radius 3 is 2.68 bits per heavy atom. The highest BCUT2D eigenvalue weighted by Gasteiger charge is 2.15. The maximum atomic E-state index is 13.6. The molecule has 1 unspecified atom stereocenters. The molecule has 2 aromatic rings. The first-order valence-corrected chi connectivity index (χ1v) is 5.99. The lowest BCUT2D eigenvalue weighted by Gasteiger charge is -2.17. The Hall–Kier alpha value is -1.56. The van der Waals surface area contributed by atoms with Crippen molar-refractivity contribution in [2.45, 2.75) is 12.5 Å². The highest BCUT2D eigenvalue weighted by atomic mass is 35.5. The van der Waals surface area contributed by atoms with E-state index >= 15 is 0 Å². The number of pyridine rings is 1. The number of halogens is 3. The van der Waals surface area contributed by atoms with Gasteiger partial charge in [-0.1, -0.05) is 17.7 Å². The van der Waals surface area contributed by atoms with E-state index in [0.717, 1.165) is 11.8 Å². The molecule has 0 bridgehead atoms. The van der Waals surface area contributed by atoms with E-state index in [0.29, 0.717) is 12.0 Å². The van der Waals surface area contributed by atoms with Crippen molar-refractivity contribution in [3.63, 3.8) is 0 Å². The molecular formula is C13H12ClF2N3. The Morgan fingerprint density at radius 2 is 2.05 bits per heavy atom. The third kappa shape index (κ3) is 3.26. The van der Waals surface area contributed by atoms with E-state index in [4.69, 9.17) is 17.4 Å². The van der Waals surface area contributed by atoms with E-state index in [1.807, 2.05) is 0 Å². The van der Waals surface area contributed by atoms with Crippen molar-refractivity contribution in [2.75, 3.05) is 0 Å². The number of hydrazine groups is 1. The maximum Gasteiger partial charge on any atom is 0.146 e. The zero-order valence-electron chi connectivity index (χ0n) is 9.91. The van der Waals surface area contributed by atoms with E-state index in [1.54, 1.807) is 12.1 Å². The summed E-state index contributed by atoms with van der Waals surface area (Å²) in [6.07, 6.45) is 3.00. The molecule has 0 aliphatic heterocycles.